The van der Waals surface area contributed by atoms with Crippen molar-refractivity contribution in [1.82, 2.24) is 5.32 Å². The Kier molecular flexibility index (Phi) is 28.1. The summed E-state index contributed by atoms with van der Waals surface area (Å²) in [7, 11) is 0. The molecule has 0 saturated carbocycles. The summed E-state index contributed by atoms with van der Waals surface area (Å²) >= 11 is 0. The van der Waals surface area contributed by atoms with Crippen molar-refractivity contribution in [3.63, 3.8) is 0 Å². The molecule has 4 nitrogen and oxygen atoms in total. The van der Waals surface area contributed by atoms with Gasteiger partial charge in [-0.05, 0) is 39.0 Å². The van der Waals surface area contributed by atoms with Crippen LogP contribution < -0.4 is 5.32 Å². The monoisotopic (exact) mass is 519 g/mol. The number of amides is 1. The summed E-state index contributed by atoms with van der Waals surface area (Å²) in [5.74, 6) is -0.0825. The Hall–Kier alpha value is -1.39. The minimum Gasteiger partial charge on any atom is -0.394 e. The highest BCUT2D eigenvalue weighted by atomic mass is 16.3. The third-order valence-corrected chi connectivity index (χ3v) is 6.95. The van der Waals surface area contributed by atoms with Gasteiger partial charge in [0, 0.05) is 6.42 Å². The molecular formula is C33H61NO3. The highest BCUT2D eigenvalue weighted by Gasteiger charge is 2.17. The van der Waals surface area contributed by atoms with Crippen LogP contribution >= 0.6 is 0 Å². The van der Waals surface area contributed by atoms with Crippen LogP contribution in [0.3, 0.4) is 0 Å². The number of unbranched alkanes of at least 4 members (excludes halogenated alkanes) is 17. The maximum absolute atomic E-state index is 12.2. The summed E-state index contributed by atoms with van der Waals surface area (Å²) < 4.78 is 0. The molecule has 0 fully saturated rings. The molecule has 0 aliphatic carbocycles. The van der Waals surface area contributed by atoms with Crippen LogP contribution in [-0.4, -0.2) is 34.9 Å². The predicted molar refractivity (Wildman–Crippen MR) is 161 cm³/mol. The summed E-state index contributed by atoms with van der Waals surface area (Å²) in [4.78, 5) is 12.2. The number of carbonyl (C=O) groups excluding carboxylic acids is 1. The first-order chi connectivity index (χ1) is 18.2. The number of carbonyl (C=O) groups is 1. The van der Waals surface area contributed by atoms with Gasteiger partial charge in [-0.15, -0.1) is 0 Å². The third kappa shape index (κ3) is 26.0. The molecule has 3 N–H and O–H groups in total. The number of aliphatic hydroxyl groups is 2. The molecule has 37 heavy (non-hydrogen) atoms. The van der Waals surface area contributed by atoms with Crippen LogP contribution in [0.15, 0.2) is 36.5 Å². The number of hydrogen-bond acceptors (Lipinski definition) is 3. The SMILES string of the molecule is C/C=C/CC/C=C/CC/C=C/C(O)C(CO)NC(=O)CCCCCCCCCCCCCCCCCC. The molecule has 1 amide bonds. The molecule has 0 aliphatic rings. The first-order valence-electron chi connectivity index (χ1n) is 15.7. The molecule has 0 aromatic heterocycles. The number of nitrogens with one attached hydrogen (secondary N) is 1. The highest BCUT2D eigenvalue weighted by molar-refractivity contribution is 5.76. The zero-order valence-corrected chi connectivity index (χ0v) is 24.5. The zero-order chi connectivity index (χ0) is 27.2. The van der Waals surface area contributed by atoms with Gasteiger partial charge in [0.15, 0.2) is 0 Å². The summed E-state index contributed by atoms with van der Waals surface area (Å²) in [6.45, 7) is 4.04. The smallest absolute Gasteiger partial charge is 0.220 e. The zero-order valence-electron chi connectivity index (χ0n) is 24.5. The molecule has 0 aromatic carbocycles. The van der Waals surface area contributed by atoms with Gasteiger partial charge in [0.25, 0.3) is 0 Å². The molecule has 216 valence electrons. The van der Waals surface area contributed by atoms with Gasteiger partial charge in [-0.3, -0.25) is 4.79 Å². The number of allylic oxidation sites excluding steroid dienone is 5. The van der Waals surface area contributed by atoms with Crippen molar-refractivity contribution < 1.29 is 15.0 Å². The highest BCUT2D eigenvalue weighted by Crippen LogP contribution is 2.14. The van der Waals surface area contributed by atoms with Crippen molar-refractivity contribution in [2.45, 2.75) is 161 Å². The molecular weight excluding hydrogens is 458 g/mol. The van der Waals surface area contributed by atoms with Crippen molar-refractivity contribution in [2.75, 3.05) is 6.61 Å². The molecule has 0 saturated heterocycles. The lowest BCUT2D eigenvalue weighted by atomic mass is 10.0. The fourth-order valence-corrected chi connectivity index (χ4v) is 4.51. The predicted octanol–water partition coefficient (Wildman–Crippen LogP) is 8.72. The topological polar surface area (TPSA) is 69.6 Å². The second kappa shape index (κ2) is 29.2. The van der Waals surface area contributed by atoms with E-state index in [9.17, 15) is 15.0 Å². The van der Waals surface area contributed by atoms with Crippen LogP contribution in [0.5, 0.6) is 0 Å². The molecule has 2 atom stereocenters. The Bertz CT molecular complexity index is 570. The van der Waals surface area contributed by atoms with Gasteiger partial charge in [0.1, 0.15) is 0 Å². The summed E-state index contributed by atoms with van der Waals surface area (Å²) in [6, 6.07) is -0.638. The molecule has 0 aliphatic heterocycles. The standard InChI is InChI=1S/C33H61NO3/c1-3-5-7-9-11-13-14-15-16-17-18-19-21-23-25-27-29-33(37)34-31(30-35)32(36)28-26-24-22-20-12-10-8-6-4-2/h4,6,12,20,26,28,31-32,35-36H,3,5,7-11,13-19,21-25,27,29-30H2,1-2H3,(H,34,37)/b6-4+,20-12+,28-26+. The van der Waals surface area contributed by atoms with Crippen molar-refractivity contribution >= 4 is 5.91 Å². The van der Waals surface area contributed by atoms with Crippen LogP contribution in [0.4, 0.5) is 0 Å². The van der Waals surface area contributed by atoms with Gasteiger partial charge in [-0.2, -0.15) is 0 Å². The van der Waals surface area contributed by atoms with Crippen LogP contribution in [0.2, 0.25) is 0 Å². The number of aliphatic hydroxyl groups excluding tert-OH is 2. The van der Waals surface area contributed by atoms with Gasteiger partial charge in [0.2, 0.25) is 5.91 Å². The second-order valence-corrected chi connectivity index (χ2v) is 10.5. The van der Waals surface area contributed by atoms with E-state index in [-0.39, 0.29) is 12.5 Å². The van der Waals surface area contributed by atoms with E-state index >= 15 is 0 Å². The molecule has 4 heteroatoms. The second-order valence-electron chi connectivity index (χ2n) is 10.5. The Balaban J connectivity index is 3.64. The summed E-state index contributed by atoms with van der Waals surface area (Å²) in [5, 5.41) is 22.6. The van der Waals surface area contributed by atoms with E-state index in [1.807, 2.05) is 13.0 Å². The van der Waals surface area contributed by atoms with Gasteiger partial charge >= 0.3 is 0 Å². The quantitative estimate of drug-likeness (QED) is 0.0750. The lowest BCUT2D eigenvalue weighted by Crippen LogP contribution is -2.45. The Morgan fingerprint density at radius 3 is 1.57 bits per heavy atom. The number of rotatable bonds is 27. The van der Waals surface area contributed by atoms with E-state index in [1.165, 1.54) is 89.9 Å². The van der Waals surface area contributed by atoms with E-state index in [4.69, 9.17) is 0 Å². The van der Waals surface area contributed by atoms with E-state index in [2.05, 4.69) is 36.5 Å². The van der Waals surface area contributed by atoms with E-state index in [1.54, 1.807) is 6.08 Å². The van der Waals surface area contributed by atoms with Gasteiger partial charge in [-0.1, -0.05) is 140 Å². The van der Waals surface area contributed by atoms with Gasteiger partial charge < -0.3 is 15.5 Å². The van der Waals surface area contributed by atoms with E-state index < -0.39 is 12.1 Å². The Morgan fingerprint density at radius 1 is 0.676 bits per heavy atom. The van der Waals surface area contributed by atoms with Crippen LogP contribution in [0, 0.1) is 0 Å². The summed E-state index contributed by atoms with van der Waals surface area (Å²) in [6.07, 6.45) is 36.6. The average molecular weight is 520 g/mol. The minimum absolute atomic E-state index is 0.0825. The number of hydrogen-bond donors (Lipinski definition) is 3. The minimum atomic E-state index is -0.863. The molecule has 2 unspecified atom stereocenters. The van der Waals surface area contributed by atoms with Crippen molar-refractivity contribution in [2.24, 2.45) is 0 Å². The first kappa shape index (κ1) is 35.6. The molecule has 0 bridgehead atoms. The largest absolute Gasteiger partial charge is 0.394 e. The van der Waals surface area contributed by atoms with Crippen molar-refractivity contribution in [1.29, 1.82) is 0 Å². The average Bonchev–Trinajstić information content (AvgIpc) is 2.90. The van der Waals surface area contributed by atoms with E-state index in [0.717, 1.165) is 38.5 Å². The van der Waals surface area contributed by atoms with Gasteiger partial charge in [-0.25, -0.2) is 0 Å². The first-order valence-corrected chi connectivity index (χ1v) is 15.7. The van der Waals surface area contributed by atoms with Crippen LogP contribution in [0.1, 0.15) is 149 Å². The lowest BCUT2D eigenvalue weighted by molar-refractivity contribution is -0.123. The molecule has 0 aromatic rings. The fraction of sp³-hybridized carbons (Fsp3) is 0.788. The normalized spacial score (nSPS) is 13.7. The maximum atomic E-state index is 12.2. The molecule has 0 rings (SSSR count). The fourth-order valence-electron chi connectivity index (χ4n) is 4.51. The maximum Gasteiger partial charge on any atom is 0.220 e. The van der Waals surface area contributed by atoms with Crippen molar-refractivity contribution in [3.8, 4) is 0 Å². The van der Waals surface area contributed by atoms with Crippen molar-refractivity contribution in [3.05, 3.63) is 36.5 Å². The van der Waals surface area contributed by atoms with Crippen LogP contribution in [-0.2, 0) is 4.79 Å². The molecule has 0 radical (unpaired) electrons. The summed E-state index contributed by atoms with van der Waals surface area (Å²) in [5.41, 5.74) is 0. The Labute approximate surface area is 230 Å². The van der Waals surface area contributed by atoms with E-state index in [0.29, 0.717) is 6.42 Å². The molecule has 0 heterocycles. The third-order valence-electron chi connectivity index (χ3n) is 6.95. The lowest BCUT2D eigenvalue weighted by Gasteiger charge is -2.19. The molecule has 0 spiro atoms. The Morgan fingerprint density at radius 2 is 1.11 bits per heavy atom. The van der Waals surface area contributed by atoms with Crippen LogP contribution in [0.25, 0.3) is 0 Å². The van der Waals surface area contributed by atoms with Gasteiger partial charge in [0.05, 0.1) is 18.8 Å².